The lowest BCUT2D eigenvalue weighted by molar-refractivity contribution is -0.153. The maximum Gasteiger partial charge on any atom is 0.380 e. The van der Waals surface area contributed by atoms with Gasteiger partial charge in [-0.2, -0.15) is 0 Å². The van der Waals surface area contributed by atoms with Crippen LogP contribution in [0.25, 0.3) is 0 Å². The standard InChI is InChI=1S/C13H18O4/c14-10(11(15)12(16)17)4-8-13-5-1-9(2-6-13)3-7-13/h9H,1-8H2,(H,16,17). The van der Waals surface area contributed by atoms with Gasteiger partial charge in [0.2, 0.25) is 5.78 Å². The number of fused-ring (bicyclic) bond motifs is 3. The first kappa shape index (κ1) is 12.3. The molecule has 0 unspecified atom stereocenters. The summed E-state index contributed by atoms with van der Waals surface area (Å²) in [6.07, 6.45) is 7.95. The Morgan fingerprint density at radius 3 is 2.06 bits per heavy atom. The van der Waals surface area contributed by atoms with Gasteiger partial charge in [0.1, 0.15) is 0 Å². The van der Waals surface area contributed by atoms with Crippen LogP contribution in [0.5, 0.6) is 0 Å². The Labute approximate surface area is 100 Å². The lowest BCUT2D eigenvalue weighted by Gasteiger charge is -2.46. The van der Waals surface area contributed by atoms with Crippen molar-refractivity contribution in [3.05, 3.63) is 0 Å². The Balaban J connectivity index is 1.87. The molecule has 0 saturated heterocycles. The largest absolute Gasteiger partial charge is 0.475 e. The highest BCUT2D eigenvalue weighted by molar-refractivity contribution is 6.61. The molecule has 0 aromatic rings. The zero-order chi connectivity index (χ0) is 12.5. The van der Waals surface area contributed by atoms with Crippen LogP contribution in [-0.4, -0.2) is 22.6 Å². The first-order valence-corrected chi connectivity index (χ1v) is 6.33. The van der Waals surface area contributed by atoms with E-state index in [2.05, 4.69) is 0 Å². The molecule has 3 aliphatic carbocycles. The van der Waals surface area contributed by atoms with E-state index in [0.29, 0.717) is 6.42 Å². The summed E-state index contributed by atoms with van der Waals surface area (Å²) >= 11 is 0. The quantitative estimate of drug-likeness (QED) is 0.587. The van der Waals surface area contributed by atoms with Gasteiger partial charge in [-0.15, -0.1) is 0 Å². The molecule has 0 heterocycles. The number of carbonyl (C=O) groups is 3. The van der Waals surface area contributed by atoms with Crippen LogP contribution in [0, 0.1) is 11.3 Å². The lowest BCUT2D eigenvalue weighted by Crippen LogP contribution is -2.35. The lowest BCUT2D eigenvalue weighted by atomic mass is 9.59. The Kier molecular flexibility index (Phi) is 3.31. The number of rotatable bonds is 5. The van der Waals surface area contributed by atoms with Crippen LogP contribution < -0.4 is 0 Å². The smallest absolute Gasteiger partial charge is 0.380 e. The molecule has 3 saturated carbocycles. The predicted octanol–water partition coefficient (Wildman–Crippen LogP) is 1.96. The molecule has 17 heavy (non-hydrogen) atoms. The van der Waals surface area contributed by atoms with Crippen molar-refractivity contribution in [1.82, 2.24) is 0 Å². The van der Waals surface area contributed by atoms with Crippen molar-refractivity contribution in [3.8, 4) is 0 Å². The molecule has 0 aromatic carbocycles. The fourth-order valence-corrected chi connectivity index (χ4v) is 3.33. The summed E-state index contributed by atoms with van der Waals surface area (Å²) in [6, 6.07) is 0. The number of carboxylic acids is 1. The number of hydrogen-bond donors (Lipinski definition) is 1. The van der Waals surface area contributed by atoms with Crippen molar-refractivity contribution in [1.29, 1.82) is 0 Å². The van der Waals surface area contributed by atoms with Crippen molar-refractivity contribution >= 4 is 17.5 Å². The van der Waals surface area contributed by atoms with Crippen molar-refractivity contribution in [2.75, 3.05) is 0 Å². The maximum atomic E-state index is 11.4. The van der Waals surface area contributed by atoms with Crippen molar-refractivity contribution < 1.29 is 19.5 Å². The summed E-state index contributed by atoms with van der Waals surface area (Å²) in [5.41, 5.74) is 0.225. The normalized spacial score (nSPS) is 31.2. The summed E-state index contributed by atoms with van der Waals surface area (Å²) in [4.78, 5) is 32.7. The van der Waals surface area contributed by atoms with Gasteiger partial charge in [-0.3, -0.25) is 9.59 Å². The minimum absolute atomic E-state index is 0.107. The molecule has 4 heteroatoms. The van der Waals surface area contributed by atoms with E-state index in [1.165, 1.54) is 19.3 Å². The molecule has 2 bridgehead atoms. The maximum absolute atomic E-state index is 11.4. The van der Waals surface area contributed by atoms with Crippen LogP contribution in [-0.2, 0) is 14.4 Å². The molecule has 0 spiro atoms. The highest BCUT2D eigenvalue weighted by atomic mass is 16.4. The zero-order valence-electron chi connectivity index (χ0n) is 9.91. The molecule has 3 aliphatic rings. The molecule has 4 nitrogen and oxygen atoms in total. The fourth-order valence-electron chi connectivity index (χ4n) is 3.33. The summed E-state index contributed by atoms with van der Waals surface area (Å²) in [5, 5.41) is 8.45. The molecule has 3 rings (SSSR count). The van der Waals surface area contributed by atoms with Crippen LogP contribution in [0.4, 0.5) is 0 Å². The highest BCUT2D eigenvalue weighted by Gasteiger charge is 2.40. The van der Waals surface area contributed by atoms with Crippen LogP contribution in [0.2, 0.25) is 0 Å². The van der Waals surface area contributed by atoms with Gasteiger partial charge in [0.05, 0.1) is 0 Å². The molecule has 3 fully saturated rings. The van der Waals surface area contributed by atoms with E-state index in [9.17, 15) is 14.4 Å². The number of Topliss-reactive ketones (excluding diaryl/α,β-unsaturated/α-hetero) is 2. The van der Waals surface area contributed by atoms with Crippen molar-refractivity contribution in [3.63, 3.8) is 0 Å². The Morgan fingerprint density at radius 1 is 1.06 bits per heavy atom. The molecule has 0 aliphatic heterocycles. The SMILES string of the molecule is O=C(O)C(=O)C(=O)CCC12CCC(CC1)CC2. The third-order valence-electron chi connectivity index (χ3n) is 4.58. The summed E-state index contributed by atoms with van der Waals surface area (Å²) < 4.78 is 0. The van der Waals surface area contributed by atoms with Crippen LogP contribution in [0.1, 0.15) is 51.4 Å². The number of carboxylic acid groups (broad SMARTS) is 1. The monoisotopic (exact) mass is 238 g/mol. The number of ketones is 2. The van der Waals surface area contributed by atoms with Gasteiger partial charge in [-0.25, -0.2) is 4.79 Å². The fraction of sp³-hybridized carbons (Fsp3) is 0.769. The second-order valence-corrected chi connectivity index (χ2v) is 5.54. The number of aliphatic carboxylic acids is 1. The summed E-state index contributed by atoms with van der Waals surface area (Å²) in [7, 11) is 0. The first-order chi connectivity index (χ1) is 8.02. The van der Waals surface area contributed by atoms with E-state index in [0.717, 1.165) is 25.2 Å². The van der Waals surface area contributed by atoms with E-state index >= 15 is 0 Å². The van der Waals surface area contributed by atoms with Crippen molar-refractivity contribution in [2.24, 2.45) is 11.3 Å². The molecular weight excluding hydrogens is 220 g/mol. The molecule has 0 aromatic heterocycles. The average Bonchev–Trinajstić information content (AvgIpc) is 2.37. The Bertz CT molecular complexity index is 337. The van der Waals surface area contributed by atoms with Crippen LogP contribution >= 0.6 is 0 Å². The van der Waals surface area contributed by atoms with Crippen LogP contribution in [0.15, 0.2) is 0 Å². The van der Waals surface area contributed by atoms with Gasteiger partial charge < -0.3 is 5.11 Å². The van der Waals surface area contributed by atoms with E-state index in [1.54, 1.807) is 0 Å². The number of hydrogen-bond acceptors (Lipinski definition) is 3. The second kappa shape index (κ2) is 4.59. The Hall–Kier alpha value is -1.19. The molecule has 1 N–H and O–H groups in total. The molecule has 94 valence electrons. The molecule has 0 atom stereocenters. The topological polar surface area (TPSA) is 71.4 Å². The molecular formula is C13H18O4. The first-order valence-electron chi connectivity index (χ1n) is 6.33. The minimum Gasteiger partial charge on any atom is -0.475 e. The van der Waals surface area contributed by atoms with Gasteiger partial charge in [0, 0.05) is 6.42 Å². The van der Waals surface area contributed by atoms with Gasteiger partial charge in [-0.1, -0.05) is 0 Å². The van der Waals surface area contributed by atoms with Gasteiger partial charge in [0.25, 0.3) is 0 Å². The summed E-state index contributed by atoms with van der Waals surface area (Å²) in [6.45, 7) is 0. The Morgan fingerprint density at radius 2 is 1.59 bits per heavy atom. The van der Waals surface area contributed by atoms with Gasteiger partial charge in [0.15, 0.2) is 0 Å². The van der Waals surface area contributed by atoms with Gasteiger partial charge in [-0.05, 0) is 56.3 Å². The average molecular weight is 238 g/mol. The number of carbonyl (C=O) groups excluding carboxylic acids is 2. The predicted molar refractivity (Wildman–Crippen MR) is 60.5 cm³/mol. The molecule has 0 amide bonds. The van der Waals surface area contributed by atoms with E-state index in [1.807, 2.05) is 0 Å². The van der Waals surface area contributed by atoms with Crippen molar-refractivity contribution in [2.45, 2.75) is 51.4 Å². The third kappa shape index (κ3) is 2.56. The van der Waals surface area contributed by atoms with E-state index in [4.69, 9.17) is 5.11 Å². The van der Waals surface area contributed by atoms with Gasteiger partial charge >= 0.3 is 11.8 Å². The van der Waals surface area contributed by atoms with E-state index in [-0.39, 0.29) is 11.8 Å². The zero-order valence-corrected chi connectivity index (χ0v) is 9.91. The molecule has 0 radical (unpaired) electrons. The minimum atomic E-state index is -1.63. The summed E-state index contributed by atoms with van der Waals surface area (Å²) in [5.74, 6) is -2.75. The van der Waals surface area contributed by atoms with E-state index < -0.39 is 17.5 Å². The van der Waals surface area contributed by atoms with Crippen LogP contribution in [0.3, 0.4) is 0 Å². The highest BCUT2D eigenvalue weighted by Crippen LogP contribution is 2.52. The second-order valence-electron chi connectivity index (χ2n) is 5.54. The third-order valence-corrected chi connectivity index (χ3v) is 4.58.